The molecule has 3 nitrogen and oxygen atoms in total. The highest BCUT2D eigenvalue weighted by Gasteiger charge is 2.17. The topological polar surface area (TPSA) is 46.2 Å². The van der Waals surface area contributed by atoms with Crippen LogP contribution in [0.15, 0.2) is 29.2 Å². The minimum absolute atomic E-state index is 0.267. The summed E-state index contributed by atoms with van der Waals surface area (Å²) in [6.45, 7) is 6.43. The van der Waals surface area contributed by atoms with Crippen molar-refractivity contribution >= 4 is 15.5 Å². The third-order valence-electron chi connectivity index (χ3n) is 3.43. The van der Waals surface area contributed by atoms with Gasteiger partial charge in [0, 0.05) is 12.3 Å². The normalized spacial score (nSPS) is 13.6. The second-order valence-electron chi connectivity index (χ2n) is 4.78. The van der Waals surface area contributed by atoms with E-state index in [1.54, 1.807) is 12.1 Å². The molecule has 0 saturated carbocycles. The zero-order valence-corrected chi connectivity index (χ0v) is 12.4. The first-order valence-corrected chi connectivity index (χ1v) is 8.34. The molecule has 1 rings (SSSR count). The van der Waals surface area contributed by atoms with E-state index < -0.39 is 9.84 Å². The lowest BCUT2D eigenvalue weighted by atomic mass is 9.95. The minimum atomic E-state index is -3.18. The first kappa shape index (κ1) is 15.0. The molecule has 0 aliphatic carbocycles. The maximum Gasteiger partial charge on any atom is 0.177 e. The summed E-state index contributed by atoms with van der Waals surface area (Å²) in [5, 5.41) is 3.34. The number of hydrogen-bond donors (Lipinski definition) is 1. The van der Waals surface area contributed by atoms with Gasteiger partial charge in [-0.15, -0.1) is 0 Å². The standard InChI is InChI=1S/C14H23NO2S/c1-5-12(6-2)11(3)15-13-9-7-8-10-14(13)18(4,16)17/h7-12,15H,5-6H2,1-4H3. The Hall–Kier alpha value is -1.03. The van der Waals surface area contributed by atoms with Gasteiger partial charge in [0.15, 0.2) is 9.84 Å². The molecule has 1 N–H and O–H groups in total. The molecule has 0 heterocycles. The SMILES string of the molecule is CCC(CC)C(C)Nc1ccccc1S(C)(=O)=O. The molecule has 4 heteroatoms. The molecule has 0 amide bonds. The van der Waals surface area contributed by atoms with Crippen molar-refractivity contribution in [1.29, 1.82) is 0 Å². The van der Waals surface area contributed by atoms with E-state index >= 15 is 0 Å². The van der Waals surface area contributed by atoms with Gasteiger partial charge in [0.25, 0.3) is 0 Å². The summed E-state index contributed by atoms with van der Waals surface area (Å²) in [6.07, 6.45) is 3.42. The predicted molar refractivity (Wildman–Crippen MR) is 76.7 cm³/mol. The zero-order chi connectivity index (χ0) is 13.8. The van der Waals surface area contributed by atoms with E-state index in [2.05, 4.69) is 26.1 Å². The average molecular weight is 269 g/mol. The van der Waals surface area contributed by atoms with Crippen LogP contribution in [0.5, 0.6) is 0 Å². The van der Waals surface area contributed by atoms with Crippen molar-refractivity contribution in [3.63, 3.8) is 0 Å². The molecule has 0 aromatic heterocycles. The Morgan fingerprint density at radius 2 is 1.72 bits per heavy atom. The second-order valence-corrected chi connectivity index (χ2v) is 6.76. The van der Waals surface area contributed by atoms with E-state index in [0.29, 0.717) is 16.5 Å². The van der Waals surface area contributed by atoms with Crippen LogP contribution in [0.25, 0.3) is 0 Å². The molecule has 0 spiro atoms. The van der Waals surface area contributed by atoms with Gasteiger partial charge < -0.3 is 5.32 Å². The molecule has 0 saturated heterocycles. The molecule has 0 radical (unpaired) electrons. The summed E-state index contributed by atoms with van der Waals surface area (Å²) in [4.78, 5) is 0.378. The van der Waals surface area contributed by atoms with Gasteiger partial charge >= 0.3 is 0 Å². The molecule has 0 aliphatic rings. The van der Waals surface area contributed by atoms with E-state index in [0.717, 1.165) is 12.8 Å². The maximum atomic E-state index is 11.7. The summed E-state index contributed by atoms with van der Waals surface area (Å²) < 4.78 is 23.4. The van der Waals surface area contributed by atoms with Crippen LogP contribution >= 0.6 is 0 Å². The number of benzene rings is 1. The number of nitrogens with one attached hydrogen (secondary N) is 1. The van der Waals surface area contributed by atoms with Gasteiger partial charge in [-0.1, -0.05) is 38.8 Å². The van der Waals surface area contributed by atoms with E-state index in [1.165, 1.54) is 6.26 Å². The molecule has 1 aromatic rings. The van der Waals surface area contributed by atoms with Gasteiger partial charge in [0.1, 0.15) is 0 Å². The van der Waals surface area contributed by atoms with Crippen LogP contribution in [-0.4, -0.2) is 20.7 Å². The monoisotopic (exact) mass is 269 g/mol. The number of para-hydroxylation sites is 1. The fraction of sp³-hybridized carbons (Fsp3) is 0.571. The van der Waals surface area contributed by atoms with Crippen molar-refractivity contribution < 1.29 is 8.42 Å². The van der Waals surface area contributed by atoms with Gasteiger partial charge in [-0.25, -0.2) is 8.42 Å². The Kier molecular flexibility index (Phi) is 5.20. The van der Waals surface area contributed by atoms with Crippen molar-refractivity contribution in [2.45, 2.75) is 44.6 Å². The summed E-state index contributed by atoms with van der Waals surface area (Å²) in [5.74, 6) is 0.553. The van der Waals surface area contributed by atoms with Crippen molar-refractivity contribution in [3.8, 4) is 0 Å². The first-order valence-electron chi connectivity index (χ1n) is 6.45. The molecule has 102 valence electrons. The number of rotatable bonds is 6. The largest absolute Gasteiger partial charge is 0.381 e. The average Bonchev–Trinajstić information content (AvgIpc) is 2.30. The molecule has 18 heavy (non-hydrogen) atoms. The summed E-state index contributed by atoms with van der Waals surface area (Å²) >= 11 is 0. The predicted octanol–water partition coefficient (Wildman–Crippen LogP) is 3.33. The van der Waals surface area contributed by atoms with Gasteiger partial charge in [0.2, 0.25) is 0 Å². The highest BCUT2D eigenvalue weighted by molar-refractivity contribution is 7.90. The van der Waals surface area contributed by atoms with Crippen LogP contribution in [0.1, 0.15) is 33.6 Å². The first-order chi connectivity index (χ1) is 8.40. The Labute approximate surface area is 111 Å². The molecule has 1 unspecified atom stereocenters. The van der Waals surface area contributed by atoms with Crippen molar-refractivity contribution in [3.05, 3.63) is 24.3 Å². The Bertz CT molecular complexity index is 478. The molecule has 1 aromatic carbocycles. The van der Waals surface area contributed by atoms with E-state index in [-0.39, 0.29) is 6.04 Å². The Balaban J connectivity index is 2.98. The number of anilines is 1. The van der Waals surface area contributed by atoms with Crippen LogP contribution in [0, 0.1) is 5.92 Å². The van der Waals surface area contributed by atoms with Crippen LogP contribution < -0.4 is 5.32 Å². The lowest BCUT2D eigenvalue weighted by molar-refractivity contribution is 0.437. The lowest BCUT2D eigenvalue weighted by Gasteiger charge is -2.24. The van der Waals surface area contributed by atoms with Crippen LogP contribution in [0.4, 0.5) is 5.69 Å². The van der Waals surface area contributed by atoms with E-state index in [9.17, 15) is 8.42 Å². The molecule has 0 aliphatic heterocycles. The van der Waals surface area contributed by atoms with Gasteiger partial charge in [-0.2, -0.15) is 0 Å². The summed E-state index contributed by atoms with van der Waals surface area (Å²) in [6, 6.07) is 7.36. The Morgan fingerprint density at radius 3 is 2.22 bits per heavy atom. The van der Waals surface area contributed by atoms with Crippen molar-refractivity contribution in [2.24, 2.45) is 5.92 Å². The quantitative estimate of drug-likeness (QED) is 0.861. The zero-order valence-electron chi connectivity index (χ0n) is 11.6. The second kappa shape index (κ2) is 6.23. The van der Waals surface area contributed by atoms with Gasteiger partial charge in [0.05, 0.1) is 10.6 Å². The van der Waals surface area contributed by atoms with Crippen LogP contribution in [-0.2, 0) is 9.84 Å². The Morgan fingerprint density at radius 1 is 1.17 bits per heavy atom. The van der Waals surface area contributed by atoms with Crippen LogP contribution in [0.2, 0.25) is 0 Å². The van der Waals surface area contributed by atoms with Crippen molar-refractivity contribution in [1.82, 2.24) is 0 Å². The minimum Gasteiger partial charge on any atom is -0.381 e. The fourth-order valence-electron chi connectivity index (χ4n) is 2.27. The third-order valence-corrected chi connectivity index (χ3v) is 4.58. The maximum absolute atomic E-state index is 11.7. The molecule has 1 atom stereocenters. The highest BCUT2D eigenvalue weighted by Crippen LogP contribution is 2.24. The van der Waals surface area contributed by atoms with Crippen LogP contribution in [0.3, 0.4) is 0 Å². The molecule has 0 bridgehead atoms. The summed E-state index contributed by atoms with van der Waals surface area (Å²) in [5.41, 5.74) is 0.708. The van der Waals surface area contributed by atoms with Gasteiger partial charge in [-0.05, 0) is 25.0 Å². The smallest absolute Gasteiger partial charge is 0.177 e. The fourth-order valence-corrected chi connectivity index (χ4v) is 3.12. The van der Waals surface area contributed by atoms with Crippen molar-refractivity contribution in [2.75, 3.05) is 11.6 Å². The number of sulfone groups is 1. The van der Waals surface area contributed by atoms with E-state index in [4.69, 9.17) is 0 Å². The van der Waals surface area contributed by atoms with Gasteiger partial charge in [-0.3, -0.25) is 0 Å². The molecule has 0 fully saturated rings. The third kappa shape index (κ3) is 3.73. The highest BCUT2D eigenvalue weighted by atomic mass is 32.2. The lowest BCUT2D eigenvalue weighted by Crippen LogP contribution is -2.25. The molecular formula is C14H23NO2S. The molecular weight excluding hydrogens is 246 g/mol. The summed E-state index contributed by atoms with van der Waals surface area (Å²) in [7, 11) is -3.18. The number of hydrogen-bond acceptors (Lipinski definition) is 3. The van der Waals surface area contributed by atoms with E-state index in [1.807, 2.05) is 12.1 Å².